The largest absolute Gasteiger partial charge is 0.394 e. The zero-order chi connectivity index (χ0) is 11.4. The van der Waals surface area contributed by atoms with Crippen molar-refractivity contribution in [2.24, 2.45) is 0 Å². The first kappa shape index (κ1) is 10.5. The predicted molar refractivity (Wildman–Crippen MR) is 63.9 cm³/mol. The summed E-state index contributed by atoms with van der Waals surface area (Å²) >= 11 is 5.75. The van der Waals surface area contributed by atoms with E-state index in [4.69, 9.17) is 17.3 Å². The van der Waals surface area contributed by atoms with Gasteiger partial charge in [-0.1, -0.05) is 35.7 Å². The van der Waals surface area contributed by atoms with E-state index in [2.05, 4.69) is 21.8 Å². The Hall–Kier alpha value is -2.05. The first-order valence-electron chi connectivity index (χ1n) is 4.60. The van der Waals surface area contributed by atoms with Gasteiger partial charge in [0.15, 0.2) is 5.15 Å². The summed E-state index contributed by atoms with van der Waals surface area (Å²) in [5.74, 6) is 5.81. The van der Waals surface area contributed by atoms with Gasteiger partial charge in [0.25, 0.3) is 0 Å². The van der Waals surface area contributed by atoms with E-state index < -0.39 is 0 Å². The van der Waals surface area contributed by atoms with E-state index in [0.29, 0.717) is 11.4 Å². The van der Waals surface area contributed by atoms with Crippen LogP contribution in [-0.2, 0) is 0 Å². The summed E-state index contributed by atoms with van der Waals surface area (Å²) < 4.78 is 0. The molecule has 1 aromatic carbocycles. The summed E-state index contributed by atoms with van der Waals surface area (Å²) in [7, 11) is 0. The quantitative estimate of drug-likeness (QED) is 0.556. The van der Waals surface area contributed by atoms with E-state index in [9.17, 15) is 0 Å². The molecule has 0 aliphatic heterocycles. The standard InChI is InChI=1S/C12H8ClN3/c13-12-11(14)10(15-8-16-12)7-6-9-4-2-1-3-5-9/h1-5,8H,14H2. The van der Waals surface area contributed by atoms with E-state index in [0.717, 1.165) is 5.56 Å². The van der Waals surface area contributed by atoms with Gasteiger partial charge in [0.2, 0.25) is 0 Å². The lowest BCUT2D eigenvalue weighted by atomic mass is 10.2. The van der Waals surface area contributed by atoms with E-state index >= 15 is 0 Å². The molecule has 78 valence electrons. The molecule has 0 saturated heterocycles. The van der Waals surface area contributed by atoms with Crippen molar-refractivity contribution in [1.29, 1.82) is 0 Å². The number of halogens is 1. The molecule has 0 spiro atoms. The Morgan fingerprint density at radius 3 is 2.56 bits per heavy atom. The molecule has 1 aromatic heterocycles. The molecule has 16 heavy (non-hydrogen) atoms. The van der Waals surface area contributed by atoms with Gasteiger partial charge in [-0.25, -0.2) is 9.97 Å². The number of hydrogen-bond acceptors (Lipinski definition) is 3. The van der Waals surface area contributed by atoms with Crippen LogP contribution in [0.25, 0.3) is 0 Å². The van der Waals surface area contributed by atoms with Gasteiger partial charge < -0.3 is 5.73 Å². The Kier molecular flexibility index (Phi) is 3.04. The number of nitrogens with two attached hydrogens (primary N) is 1. The Balaban J connectivity index is 2.35. The van der Waals surface area contributed by atoms with Crippen molar-refractivity contribution in [2.45, 2.75) is 0 Å². The minimum absolute atomic E-state index is 0.229. The molecule has 0 radical (unpaired) electrons. The van der Waals surface area contributed by atoms with Crippen LogP contribution >= 0.6 is 11.6 Å². The van der Waals surface area contributed by atoms with Gasteiger partial charge in [-0.05, 0) is 18.1 Å². The first-order chi connectivity index (χ1) is 7.77. The maximum atomic E-state index is 5.75. The molecular formula is C12H8ClN3. The average Bonchev–Trinajstić information content (AvgIpc) is 2.32. The second-order valence-electron chi connectivity index (χ2n) is 3.04. The second-order valence-corrected chi connectivity index (χ2v) is 3.40. The summed E-state index contributed by atoms with van der Waals surface area (Å²) in [5.41, 5.74) is 7.35. The normalized spacial score (nSPS) is 9.31. The second kappa shape index (κ2) is 4.65. The molecule has 1 heterocycles. The monoisotopic (exact) mass is 229 g/mol. The number of rotatable bonds is 0. The van der Waals surface area contributed by atoms with E-state index in [1.54, 1.807) is 0 Å². The smallest absolute Gasteiger partial charge is 0.156 e. The number of anilines is 1. The van der Waals surface area contributed by atoms with Crippen LogP contribution in [-0.4, -0.2) is 9.97 Å². The van der Waals surface area contributed by atoms with Crippen LogP contribution in [0, 0.1) is 11.8 Å². The summed E-state index contributed by atoms with van der Waals surface area (Å²) in [6, 6.07) is 9.58. The zero-order valence-corrected chi connectivity index (χ0v) is 9.07. The highest BCUT2D eigenvalue weighted by molar-refractivity contribution is 6.31. The fourth-order valence-corrected chi connectivity index (χ4v) is 1.26. The van der Waals surface area contributed by atoms with Crippen LogP contribution in [0.3, 0.4) is 0 Å². The molecule has 0 amide bonds. The highest BCUT2D eigenvalue weighted by Crippen LogP contribution is 2.16. The Labute approximate surface area is 98.3 Å². The lowest BCUT2D eigenvalue weighted by Gasteiger charge is -1.97. The molecule has 2 N–H and O–H groups in total. The lowest BCUT2D eigenvalue weighted by Crippen LogP contribution is -1.96. The summed E-state index contributed by atoms with van der Waals surface area (Å²) in [5, 5.41) is 0.229. The third-order valence-corrected chi connectivity index (χ3v) is 2.24. The van der Waals surface area contributed by atoms with Gasteiger partial charge >= 0.3 is 0 Å². The molecule has 0 aliphatic carbocycles. The fraction of sp³-hybridized carbons (Fsp3) is 0. The maximum Gasteiger partial charge on any atom is 0.156 e. The molecule has 0 bridgehead atoms. The number of nitrogens with zero attached hydrogens (tertiary/aromatic N) is 2. The van der Waals surface area contributed by atoms with Crippen molar-refractivity contribution in [1.82, 2.24) is 9.97 Å². The van der Waals surface area contributed by atoms with Crippen molar-refractivity contribution in [3.8, 4) is 11.8 Å². The van der Waals surface area contributed by atoms with Crippen molar-refractivity contribution < 1.29 is 0 Å². The van der Waals surface area contributed by atoms with Crippen LogP contribution < -0.4 is 5.73 Å². The van der Waals surface area contributed by atoms with Gasteiger partial charge in [0.1, 0.15) is 17.7 Å². The van der Waals surface area contributed by atoms with Crippen LogP contribution in [0.5, 0.6) is 0 Å². The molecule has 2 aromatic rings. The number of nitrogen functional groups attached to an aromatic ring is 1. The SMILES string of the molecule is Nc1c(Cl)ncnc1C#Cc1ccccc1. The molecule has 0 aliphatic rings. The Bertz CT molecular complexity index is 555. The number of hydrogen-bond donors (Lipinski definition) is 1. The molecule has 0 fully saturated rings. The van der Waals surface area contributed by atoms with Crippen LogP contribution in [0.4, 0.5) is 5.69 Å². The summed E-state index contributed by atoms with van der Waals surface area (Å²) in [6.45, 7) is 0. The first-order valence-corrected chi connectivity index (χ1v) is 4.98. The molecule has 0 atom stereocenters. The van der Waals surface area contributed by atoms with E-state index in [1.165, 1.54) is 6.33 Å². The number of benzene rings is 1. The third-order valence-electron chi connectivity index (χ3n) is 1.93. The average molecular weight is 230 g/mol. The lowest BCUT2D eigenvalue weighted by molar-refractivity contribution is 1.15. The minimum atomic E-state index is 0.229. The van der Waals surface area contributed by atoms with Crippen LogP contribution in [0.15, 0.2) is 36.7 Å². The van der Waals surface area contributed by atoms with E-state index in [-0.39, 0.29) is 5.15 Å². The van der Waals surface area contributed by atoms with Crippen molar-refractivity contribution in [2.75, 3.05) is 5.73 Å². The molecule has 2 rings (SSSR count). The van der Waals surface area contributed by atoms with Crippen molar-refractivity contribution in [3.63, 3.8) is 0 Å². The Morgan fingerprint density at radius 2 is 1.81 bits per heavy atom. The van der Waals surface area contributed by atoms with Gasteiger partial charge in [-0.15, -0.1) is 0 Å². The van der Waals surface area contributed by atoms with Gasteiger partial charge in [-0.2, -0.15) is 0 Å². The topological polar surface area (TPSA) is 51.8 Å². The molecule has 0 unspecified atom stereocenters. The van der Waals surface area contributed by atoms with Crippen LogP contribution in [0.2, 0.25) is 5.15 Å². The minimum Gasteiger partial charge on any atom is -0.394 e. The number of aromatic nitrogens is 2. The van der Waals surface area contributed by atoms with Gasteiger partial charge in [0, 0.05) is 5.56 Å². The van der Waals surface area contributed by atoms with Gasteiger partial charge in [0.05, 0.1) is 0 Å². The van der Waals surface area contributed by atoms with Gasteiger partial charge in [-0.3, -0.25) is 0 Å². The Morgan fingerprint density at radius 1 is 1.06 bits per heavy atom. The molecule has 3 nitrogen and oxygen atoms in total. The zero-order valence-electron chi connectivity index (χ0n) is 8.31. The fourth-order valence-electron chi connectivity index (χ4n) is 1.13. The summed E-state index contributed by atoms with van der Waals surface area (Å²) in [4.78, 5) is 7.72. The highest BCUT2D eigenvalue weighted by atomic mass is 35.5. The van der Waals surface area contributed by atoms with Crippen molar-refractivity contribution >= 4 is 17.3 Å². The molecular weight excluding hydrogens is 222 g/mol. The highest BCUT2D eigenvalue weighted by Gasteiger charge is 2.01. The van der Waals surface area contributed by atoms with Crippen molar-refractivity contribution in [3.05, 3.63) is 53.1 Å². The predicted octanol–water partition coefficient (Wildman–Crippen LogP) is 2.11. The molecule has 4 heteroatoms. The van der Waals surface area contributed by atoms with Crippen LogP contribution in [0.1, 0.15) is 11.3 Å². The maximum absolute atomic E-state index is 5.75. The molecule has 0 saturated carbocycles. The van der Waals surface area contributed by atoms with E-state index in [1.807, 2.05) is 30.3 Å². The summed E-state index contributed by atoms with van der Waals surface area (Å²) in [6.07, 6.45) is 1.34. The third kappa shape index (κ3) is 2.30.